The van der Waals surface area contributed by atoms with Gasteiger partial charge in [-0.05, 0) is 18.9 Å². The molecule has 4 heterocycles. The van der Waals surface area contributed by atoms with E-state index in [1.807, 2.05) is 6.07 Å². The maximum absolute atomic E-state index is 13.3. The molecule has 5 N–H and O–H groups in total. The summed E-state index contributed by atoms with van der Waals surface area (Å²) in [5, 5.41) is 2.81. The van der Waals surface area contributed by atoms with Crippen LogP contribution in [0.3, 0.4) is 0 Å². The van der Waals surface area contributed by atoms with Crippen LogP contribution in [0, 0.1) is 5.82 Å². The molecule has 8 nitrogen and oxygen atoms in total. The lowest BCUT2D eigenvalue weighted by Crippen LogP contribution is -2.43. The molecule has 0 radical (unpaired) electrons. The number of nitrogens with two attached hydrogens (primary N) is 2. The van der Waals surface area contributed by atoms with Crippen molar-refractivity contribution in [3.05, 3.63) is 42.1 Å². The average molecular weight is 370 g/mol. The Bertz CT molecular complexity index is 1000. The Morgan fingerprint density at radius 1 is 1.41 bits per heavy atom. The highest BCUT2D eigenvalue weighted by Gasteiger charge is 2.24. The minimum Gasteiger partial charge on any atom is -0.438 e. The number of aromatic nitrogens is 2. The maximum Gasteiger partial charge on any atom is 0.263 e. The molecule has 1 amide bonds. The Balaban J connectivity index is 1.65. The molecule has 3 aromatic heterocycles. The summed E-state index contributed by atoms with van der Waals surface area (Å²) in [5.41, 5.74) is 13.7. The van der Waals surface area contributed by atoms with Gasteiger partial charge >= 0.3 is 0 Å². The zero-order chi connectivity index (χ0) is 19.0. The second-order valence-corrected chi connectivity index (χ2v) is 6.54. The summed E-state index contributed by atoms with van der Waals surface area (Å²) >= 11 is 0. The van der Waals surface area contributed by atoms with Crippen molar-refractivity contribution in [2.75, 3.05) is 29.0 Å². The predicted octanol–water partition coefficient (Wildman–Crippen LogP) is 2.12. The summed E-state index contributed by atoms with van der Waals surface area (Å²) in [6, 6.07) is 3.06. The van der Waals surface area contributed by atoms with E-state index in [2.05, 4.69) is 20.2 Å². The average Bonchev–Trinajstić information content (AvgIpc) is 2.97. The van der Waals surface area contributed by atoms with E-state index in [0.717, 1.165) is 37.3 Å². The van der Waals surface area contributed by atoms with Gasteiger partial charge in [0.05, 0.1) is 23.8 Å². The first-order chi connectivity index (χ1) is 13.0. The number of nitrogens with one attached hydrogen (secondary N) is 1. The SMILES string of the molecule is Nc1oc2cc(F)cnc2c1C(=O)Nc1cnccc1N1CCCC(N)C1. The third kappa shape index (κ3) is 3.28. The van der Waals surface area contributed by atoms with Gasteiger partial charge in [0.2, 0.25) is 5.88 Å². The monoisotopic (exact) mass is 370 g/mol. The standard InChI is InChI=1S/C18H19FN6O2/c19-10-6-14-16(23-7-10)15(17(21)27-14)18(26)24-12-8-22-4-3-13(12)25-5-1-2-11(20)9-25/h3-4,6-8,11H,1-2,5,9,20-21H2,(H,24,26). The van der Waals surface area contributed by atoms with Gasteiger partial charge in [0.15, 0.2) is 5.58 Å². The first-order valence-corrected chi connectivity index (χ1v) is 8.62. The van der Waals surface area contributed by atoms with E-state index in [-0.39, 0.29) is 28.6 Å². The van der Waals surface area contributed by atoms with Crippen molar-refractivity contribution in [3.8, 4) is 0 Å². The van der Waals surface area contributed by atoms with Crippen LogP contribution >= 0.6 is 0 Å². The molecule has 1 fully saturated rings. The second-order valence-electron chi connectivity index (χ2n) is 6.54. The van der Waals surface area contributed by atoms with Crippen molar-refractivity contribution in [2.24, 2.45) is 5.73 Å². The van der Waals surface area contributed by atoms with Crippen LogP contribution in [0.1, 0.15) is 23.2 Å². The molecule has 0 saturated carbocycles. The Morgan fingerprint density at radius 3 is 3.07 bits per heavy atom. The summed E-state index contributed by atoms with van der Waals surface area (Å²) < 4.78 is 18.6. The number of carbonyl (C=O) groups excluding carboxylic acids is 1. The molecule has 3 aromatic rings. The number of furan rings is 1. The highest BCUT2D eigenvalue weighted by molar-refractivity contribution is 6.15. The molecule has 0 spiro atoms. The summed E-state index contributed by atoms with van der Waals surface area (Å²) in [4.78, 5) is 23.0. The van der Waals surface area contributed by atoms with Crippen LogP contribution in [-0.2, 0) is 0 Å². The second kappa shape index (κ2) is 6.84. The van der Waals surface area contributed by atoms with Crippen LogP contribution < -0.4 is 21.7 Å². The smallest absolute Gasteiger partial charge is 0.263 e. The molecule has 1 unspecified atom stereocenters. The number of nitrogens with zero attached hydrogens (tertiary/aromatic N) is 3. The van der Waals surface area contributed by atoms with Crippen molar-refractivity contribution in [1.29, 1.82) is 0 Å². The zero-order valence-electron chi connectivity index (χ0n) is 14.5. The Morgan fingerprint density at radius 2 is 2.26 bits per heavy atom. The molecule has 27 heavy (non-hydrogen) atoms. The lowest BCUT2D eigenvalue weighted by Gasteiger charge is -2.33. The summed E-state index contributed by atoms with van der Waals surface area (Å²) in [7, 11) is 0. The molecule has 4 rings (SSSR count). The minimum atomic E-state index is -0.570. The molecule has 0 aromatic carbocycles. The number of nitrogen functional groups attached to an aromatic ring is 1. The number of fused-ring (bicyclic) bond motifs is 1. The fraction of sp³-hybridized carbons (Fsp3) is 0.278. The first kappa shape index (κ1) is 17.2. The van der Waals surface area contributed by atoms with Crippen molar-refractivity contribution < 1.29 is 13.6 Å². The number of piperidine rings is 1. The van der Waals surface area contributed by atoms with Crippen molar-refractivity contribution >= 4 is 34.3 Å². The molecule has 1 saturated heterocycles. The highest BCUT2D eigenvalue weighted by atomic mass is 19.1. The Hall–Kier alpha value is -3.20. The first-order valence-electron chi connectivity index (χ1n) is 8.62. The quantitative estimate of drug-likeness (QED) is 0.645. The van der Waals surface area contributed by atoms with Crippen LogP contribution in [0.15, 0.2) is 35.1 Å². The van der Waals surface area contributed by atoms with Gasteiger partial charge in [0, 0.05) is 31.4 Å². The van der Waals surface area contributed by atoms with Gasteiger partial charge in [-0.3, -0.25) is 9.78 Å². The van der Waals surface area contributed by atoms with Crippen LogP contribution in [0.25, 0.3) is 11.1 Å². The van der Waals surface area contributed by atoms with E-state index in [0.29, 0.717) is 12.2 Å². The van der Waals surface area contributed by atoms with Crippen LogP contribution in [0.5, 0.6) is 0 Å². The van der Waals surface area contributed by atoms with Crippen molar-refractivity contribution in [3.63, 3.8) is 0 Å². The van der Waals surface area contributed by atoms with Gasteiger partial charge in [0.1, 0.15) is 16.9 Å². The Labute approximate surface area is 154 Å². The van der Waals surface area contributed by atoms with Gasteiger partial charge in [-0.2, -0.15) is 0 Å². The van der Waals surface area contributed by atoms with Crippen molar-refractivity contribution in [2.45, 2.75) is 18.9 Å². The molecular formula is C18H19FN6O2. The van der Waals surface area contributed by atoms with Crippen LogP contribution in [0.4, 0.5) is 21.6 Å². The van der Waals surface area contributed by atoms with Crippen molar-refractivity contribution in [1.82, 2.24) is 9.97 Å². The van der Waals surface area contributed by atoms with Gasteiger partial charge < -0.3 is 26.1 Å². The van der Waals surface area contributed by atoms with Gasteiger partial charge in [0.25, 0.3) is 5.91 Å². The number of halogens is 1. The third-order valence-corrected chi connectivity index (χ3v) is 4.59. The van der Waals surface area contributed by atoms with E-state index >= 15 is 0 Å². The number of rotatable bonds is 3. The van der Waals surface area contributed by atoms with E-state index < -0.39 is 11.7 Å². The molecule has 140 valence electrons. The molecule has 0 aliphatic carbocycles. The van der Waals surface area contributed by atoms with Crippen LogP contribution in [0.2, 0.25) is 0 Å². The number of anilines is 3. The molecule has 9 heteroatoms. The largest absolute Gasteiger partial charge is 0.438 e. The lowest BCUT2D eigenvalue weighted by molar-refractivity contribution is 0.102. The summed E-state index contributed by atoms with van der Waals surface area (Å²) in [6.07, 6.45) is 6.20. The molecule has 1 aliphatic heterocycles. The Kier molecular flexibility index (Phi) is 4.36. The molecule has 0 bridgehead atoms. The number of amides is 1. The van der Waals surface area contributed by atoms with Gasteiger partial charge in [-0.25, -0.2) is 9.37 Å². The number of hydrogen-bond acceptors (Lipinski definition) is 7. The topological polar surface area (TPSA) is 123 Å². The summed E-state index contributed by atoms with van der Waals surface area (Å²) in [5.74, 6) is -1.19. The zero-order valence-corrected chi connectivity index (χ0v) is 14.5. The van der Waals surface area contributed by atoms with Gasteiger partial charge in [-0.1, -0.05) is 0 Å². The lowest BCUT2D eigenvalue weighted by atomic mass is 10.1. The summed E-state index contributed by atoms with van der Waals surface area (Å²) in [6.45, 7) is 1.54. The van der Waals surface area contributed by atoms with Crippen LogP contribution in [-0.4, -0.2) is 35.0 Å². The fourth-order valence-electron chi connectivity index (χ4n) is 3.36. The van der Waals surface area contributed by atoms with Gasteiger partial charge in [-0.15, -0.1) is 0 Å². The van der Waals surface area contributed by atoms with E-state index in [9.17, 15) is 9.18 Å². The normalized spacial score (nSPS) is 17.3. The number of carbonyl (C=O) groups is 1. The highest BCUT2D eigenvalue weighted by Crippen LogP contribution is 2.31. The predicted molar refractivity (Wildman–Crippen MR) is 100.0 cm³/mol. The van der Waals surface area contributed by atoms with E-state index in [4.69, 9.17) is 15.9 Å². The third-order valence-electron chi connectivity index (χ3n) is 4.59. The van der Waals surface area contributed by atoms with E-state index in [1.165, 1.54) is 0 Å². The minimum absolute atomic E-state index is 0.0650. The number of pyridine rings is 2. The molecule has 1 atom stereocenters. The van der Waals surface area contributed by atoms with E-state index in [1.54, 1.807) is 12.4 Å². The molecule has 1 aliphatic rings. The molecular weight excluding hydrogens is 351 g/mol. The fourth-order valence-corrected chi connectivity index (χ4v) is 3.36. The number of hydrogen-bond donors (Lipinski definition) is 3. The maximum atomic E-state index is 13.3.